The first-order valence-corrected chi connectivity index (χ1v) is 17.0. The SMILES string of the molecule is CC(C)(C)c1ccc(-[n+]2[c-]n(-c3[c-]c(Oc4[c-]c5c(cc4)c4ccccc4n5-c4cc(C(C)(C)C)ccn4)ccc3)c(C(C)(C)C)c2)cc1.[Pt]. The van der Waals surface area contributed by atoms with Crippen molar-refractivity contribution < 1.29 is 30.4 Å². The molecule has 0 saturated carbocycles. The molecule has 3 heterocycles. The number of para-hydroxylation sites is 1. The van der Waals surface area contributed by atoms with Crippen molar-refractivity contribution in [1.82, 2.24) is 14.1 Å². The summed E-state index contributed by atoms with van der Waals surface area (Å²) < 4.78 is 12.8. The Morgan fingerprint density at radius 1 is 0.660 bits per heavy atom. The second-order valence-electron chi connectivity index (χ2n) is 16.0. The standard InChI is InChI=1S/C44H44N4O.Pt/c1-42(2,3)30-17-19-32(20-18-30)46-28-40(44(7,8)9)47(29-46)33-13-12-14-34(26-33)49-35-21-22-37-36-15-10-11-16-38(36)48(39(37)27-35)41-25-31(23-24-45-41)43(4,5)6;/h10-25,28H,1-9H3;/q-2;. The van der Waals surface area contributed by atoms with Gasteiger partial charge in [0, 0.05) is 50.5 Å². The Hall–Kier alpha value is -4.47. The first-order chi connectivity index (χ1) is 23.2. The van der Waals surface area contributed by atoms with Gasteiger partial charge in [0.1, 0.15) is 5.82 Å². The summed E-state index contributed by atoms with van der Waals surface area (Å²) in [6, 6.07) is 38.6. The van der Waals surface area contributed by atoms with Crippen molar-refractivity contribution in [3.8, 4) is 28.7 Å². The van der Waals surface area contributed by atoms with Crippen LogP contribution >= 0.6 is 0 Å². The minimum Gasteiger partial charge on any atom is -0.510 e. The topological polar surface area (TPSA) is 35.9 Å². The third kappa shape index (κ3) is 6.81. The number of ether oxygens (including phenoxy) is 1. The summed E-state index contributed by atoms with van der Waals surface area (Å²) in [5.41, 5.74) is 7.50. The molecule has 0 atom stereocenters. The van der Waals surface area contributed by atoms with Crippen molar-refractivity contribution in [2.45, 2.75) is 78.6 Å². The van der Waals surface area contributed by atoms with Gasteiger partial charge in [0.05, 0.1) is 11.4 Å². The molecule has 0 aliphatic heterocycles. The van der Waals surface area contributed by atoms with Crippen LogP contribution in [0.2, 0.25) is 0 Å². The third-order valence-corrected chi connectivity index (χ3v) is 9.09. The first-order valence-electron chi connectivity index (χ1n) is 17.0. The van der Waals surface area contributed by atoms with E-state index in [2.05, 4.69) is 167 Å². The van der Waals surface area contributed by atoms with Crippen molar-refractivity contribution in [1.29, 1.82) is 0 Å². The van der Waals surface area contributed by atoms with Crippen molar-refractivity contribution >= 4 is 21.8 Å². The quantitative estimate of drug-likeness (QED) is 0.128. The molecule has 0 spiro atoms. The van der Waals surface area contributed by atoms with Gasteiger partial charge in [0.25, 0.3) is 6.33 Å². The number of hydrogen-bond donors (Lipinski definition) is 0. The van der Waals surface area contributed by atoms with Crippen LogP contribution in [0.15, 0.2) is 103 Å². The molecule has 7 rings (SSSR count). The molecule has 6 heteroatoms. The predicted molar refractivity (Wildman–Crippen MR) is 199 cm³/mol. The summed E-state index contributed by atoms with van der Waals surface area (Å²) in [5.74, 6) is 2.07. The predicted octanol–water partition coefficient (Wildman–Crippen LogP) is 10.3. The monoisotopic (exact) mass is 839 g/mol. The van der Waals surface area contributed by atoms with E-state index in [1.165, 1.54) is 11.1 Å². The number of rotatable bonds is 5. The second kappa shape index (κ2) is 13.0. The molecule has 4 aromatic carbocycles. The molecule has 5 nitrogen and oxygen atoms in total. The zero-order valence-corrected chi connectivity index (χ0v) is 32.6. The summed E-state index contributed by atoms with van der Waals surface area (Å²) in [5, 5.41) is 2.25. The van der Waals surface area contributed by atoms with Gasteiger partial charge in [-0.05, 0) is 68.8 Å². The fourth-order valence-electron chi connectivity index (χ4n) is 6.26. The van der Waals surface area contributed by atoms with E-state index in [0.717, 1.165) is 44.7 Å². The molecule has 0 bridgehead atoms. The normalized spacial score (nSPS) is 12.3. The Balaban J connectivity index is 0.00000432. The maximum absolute atomic E-state index is 6.50. The summed E-state index contributed by atoms with van der Waals surface area (Å²) >= 11 is 0. The third-order valence-electron chi connectivity index (χ3n) is 9.09. The van der Waals surface area contributed by atoms with Gasteiger partial charge in [0.15, 0.2) is 0 Å². The summed E-state index contributed by atoms with van der Waals surface area (Å²) in [6.45, 7) is 20.0. The smallest absolute Gasteiger partial charge is 0.267 e. The first kappa shape index (κ1) is 35.4. The van der Waals surface area contributed by atoms with Crippen LogP contribution in [0, 0.1) is 18.5 Å². The maximum atomic E-state index is 6.50. The summed E-state index contributed by atoms with van der Waals surface area (Å²) in [4.78, 5) is 4.81. The number of nitrogens with zero attached hydrogens (tertiary/aromatic N) is 4. The minimum absolute atomic E-state index is 0. The van der Waals surface area contributed by atoms with Crippen LogP contribution in [-0.4, -0.2) is 14.1 Å². The molecule has 0 aliphatic carbocycles. The van der Waals surface area contributed by atoms with Gasteiger partial charge in [-0.25, -0.2) is 4.98 Å². The van der Waals surface area contributed by atoms with E-state index in [4.69, 9.17) is 9.72 Å². The van der Waals surface area contributed by atoms with Crippen molar-refractivity contribution in [2.24, 2.45) is 0 Å². The Bertz CT molecular complexity index is 2310. The molecule has 0 aliphatic rings. The van der Waals surface area contributed by atoms with Crippen LogP contribution in [0.25, 0.3) is 39.0 Å². The Kier molecular flexibility index (Phi) is 9.20. The van der Waals surface area contributed by atoms with Crippen molar-refractivity contribution in [3.05, 3.63) is 139 Å². The molecule has 0 fully saturated rings. The van der Waals surface area contributed by atoms with Gasteiger partial charge in [-0.1, -0.05) is 98.2 Å². The van der Waals surface area contributed by atoms with Crippen LogP contribution in [-0.2, 0) is 37.3 Å². The van der Waals surface area contributed by atoms with Gasteiger partial charge >= 0.3 is 0 Å². The number of hydrogen-bond acceptors (Lipinski definition) is 2. The molecular weight excluding hydrogens is 796 g/mol. The molecule has 0 amide bonds. The molecule has 50 heavy (non-hydrogen) atoms. The fraction of sp³-hybridized carbons (Fsp3) is 0.273. The van der Waals surface area contributed by atoms with Crippen LogP contribution < -0.4 is 9.30 Å². The van der Waals surface area contributed by atoms with E-state index in [1.807, 2.05) is 30.5 Å². The fourth-order valence-corrected chi connectivity index (χ4v) is 6.26. The average molecular weight is 840 g/mol. The van der Waals surface area contributed by atoms with Crippen LogP contribution in [0.3, 0.4) is 0 Å². The van der Waals surface area contributed by atoms with Gasteiger partial charge in [-0.15, -0.1) is 29.7 Å². The molecular formula is C44H44N4OPt-2. The van der Waals surface area contributed by atoms with E-state index in [0.29, 0.717) is 11.5 Å². The molecule has 3 aromatic heterocycles. The van der Waals surface area contributed by atoms with Gasteiger partial charge in [-0.2, -0.15) is 18.2 Å². The number of aromatic nitrogens is 4. The molecule has 0 saturated heterocycles. The largest absolute Gasteiger partial charge is 0.510 e. The Morgan fingerprint density at radius 2 is 1.36 bits per heavy atom. The van der Waals surface area contributed by atoms with Gasteiger partial charge < -0.3 is 13.9 Å². The average Bonchev–Trinajstić information content (AvgIpc) is 3.65. The van der Waals surface area contributed by atoms with E-state index >= 15 is 0 Å². The zero-order valence-electron chi connectivity index (χ0n) is 30.3. The molecule has 0 unspecified atom stereocenters. The van der Waals surface area contributed by atoms with Gasteiger partial charge in [-0.3, -0.25) is 4.57 Å². The molecule has 0 N–H and O–H groups in total. The number of pyridine rings is 1. The van der Waals surface area contributed by atoms with E-state index in [-0.39, 0.29) is 37.3 Å². The molecule has 0 radical (unpaired) electrons. The number of benzene rings is 4. The zero-order chi connectivity index (χ0) is 34.7. The van der Waals surface area contributed by atoms with Crippen LogP contribution in [0.5, 0.6) is 11.5 Å². The van der Waals surface area contributed by atoms with Crippen LogP contribution in [0.4, 0.5) is 0 Å². The minimum atomic E-state index is -0.137. The summed E-state index contributed by atoms with van der Waals surface area (Å²) in [7, 11) is 0. The summed E-state index contributed by atoms with van der Waals surface area (Å²) in [6.07, 6.45) is 7.64. The Labute approximate surface area is 310 Å². The molecule has 258 valence electrons. The van der Waals surface area contributed by atoms with Crippen molar-refractivity contribution in [2.75, 3.05) is 0 Å². The van der Waals surface area contributed by atoms with E-state index in [1.54, 1.807) is 0 Å². The van der Waals surface area contributed by atoms with Crippen LogP contribution in [0.1, 0.15) is 79.1 Å². The molecule has 7 aromatic rings. The van der Waals surface area contributed by atoms with Gasteiger partial charge in [0.2, 0.25) is 0 Å². The van der Waals surface area contributed by atoms with Crippen molar-refractivity contribution in [3.63, 3.8) is 0 Å². The second-order valence-corrected chi connectivity index (χ2v) is 16.0. The maximum Gasteiger partial charge on any atom is 0.267 e. The number of fused-ring (bicyclic) bond motifs is 3. The van der Waals surface area contributed by atoms with E-state index < -0.39 is 0 Å². The Morgan fingerprint density at radius 3 is 2.06 bits per heavy atom. The van der Waals surface area contributed by atoms with E-state index in [9.17, 15) is 0 Å². The number of imidazole rings is 1.